The Balaban J connectivity index is 0.00000156. The van der Waals surface area contributed by atoms with Crippen LogP contribution in [0.2, 0.25) is 0 Å². The molecule has 0 spiro atoms. The predicted octanol–water partition coefficient (Wildman–Crippen LogP) is 2.51. The van der Waals surface area contributed by atoms with E-state index in [0.717, 1.165) is 44.3 Å². The number of rotatable bonds is 4. The second-order valence-electron chi connectivity index (χ2n) is 6.59. The van der Waals surface area contributed by atoms with Crippen LogP contribution in [0.4, 0.5) is 0 Å². The average molecular weight is 431 g/mol. The van der Waals surface area contributed by atoms with Crippen molar-refractivity contribution in [2.75, 3.05) is 26.2 Å². The highest BCUT2D eigenvalue weighted by molar-refractivity contribution is 14.0. The monoisotopic (exact) mass is 431 g/mol. The van der Waals surface area contributed by atoms with Gasteiger partial charge < -0.3 is 19.4 Å². The maximum Gasteiger partial charge on any atom is 0.193 e. The van der Waals surface area contributed by atoms with Crippen molar-refractivity contribution >= 4 is 29.9 Å². The average Bonchev–Trinajstić information content (AvgIpc) is 3.27. The normalized spacial score (nSPS) is 32.0. The summed E-state index contributed by atoms with van der Waals surface area (Å²) in [5.41, 5.74) is 0. The first-order chi connectivity index (χ1) is 10.8. The van der Waals surface area contributed by atoms with Gasteiger partial charge in [0.2, 0.25) is 0 Å². The number of nitrogens with zero attached hydrogens (tertiary/aromatic N) is 2. The van der Waals surface area contributed by atoms with E-state index in [2.05, 4.69) is 17.1 Å². The highest BCUT2D eigenvalue weighted by Gasteiger charge is 2.53. The fourth-order valence-corrected chi connectivity index (χ4v) is 4.29. The molecule has 3 saturated heterocycles. The van der Waals surface area contributed by atoms with Crippen LogP contribution in [0, 0.1) is 11.8 Å². The van der Waals surface area contributed by atoms with Crippen molar-refractivity contribution in [1.82, 2.24) is 10.2 Å². The third kappa shape index (κ3) is 3.38. The van der Waals surface area contributed by atoms with Gasteiger partial charge in [-0.15, -0.1) is 24.0 Å². The number of halogens is 1. The quantitative estimate of drug-likeness (QED) is 0.452. The minimum atomic E-state index is 0. The Labute approximate surface area is 154 Å². The van der Waals surface area contributed by atoms with E-state index in [1.807, 2.05) is 12.1 Å². The van der Waals surface area contributed by atoms with Crippen LogP contribution >= 0.6 is 24.0 Å². The third-order valence-corrected chi connectivity index (χ3v) is 5.29. The molecule has 5 nitrogen and oxygen atoms in total. The molecule has 4 unspecified atom stereocenters. The van der Waals surface area contributed by atoms with Gasteiger partial charge in [0, 0.05) is 44.4 Å². The molecule has 4 heterocycles. The molecule has 4 atom stereocenters. The zero-order valence-corrected chi connectivity index (χ0v) is 15.9. The largest absolute Gasteiger partial charge is 0.469 e. The van der Waals surface area contributed by atoms with Gasteiger partial charge in [0.25, 0.3) is 0 Å². The van der Waals surface area contributed by atoms with Crippen LogP contribution in [0.3, 0.4) is 0 Å². The van der Waals surface area contributed by atoms with Crippen LogP contribution < -0.4 is 5.32 Å². The van der Waals surface area contributed by atoms with E-state index in [-0.39, 0.29) is 24.0 Å². The first-order valence-corrected chi connectivity index (χ1v) is 8.56. The Morgan fingerprint density at radius 3 is 2.65 bits per heavy atom. The number of furan rings is 1. The van der Waals surface area contributed by atoms with Gasteiger partial charge in [0.15, 0.2) is 5.96 Å². The van der Waals surface area contributed by atoms with Gasteiger partial charge in [-0.1, -0.05) is 0 Å². The van der Waals surface area contributed by atoms with E-state index < -0.39 is 0 Å². The molecular weight excluding hydrogens is 405 g/mol. The van der Waals surface area contributed by atoms with Crippen LogP contribution in [0.5, 0.6) is 0 Å². The van der Waals surface area contributed by atoms with Crippen LogP contribution in [-0.4, -0.2) is 49.2 Å². The molecule has 2 bridgehead atoms. The van der Waals surface area contributed by atoms with Gasteiger partial charge in [-0.3, -0.25) is 4.99 Å². The zero-order valence-electron chi connectivity index (χ0n) is 13.6. The van der Waals surface area contributed by atoms with Crippen LogP contribution in [0.1, 0.15) is 25.5 Å². The SMILES string of the molecule is CCNC(=NCCc1ccco1)N1CC2C3CCC(O3)C2C1.I. The lowest BCUT2D eigenvalue weighted by Gasteiger charge is -2.23. The molecule has 3 aliphatic heterocycles. The molecule has 0 radical (unpaired) electrons. The van der Waals surface area contributed by atoms with E-state index in [1.165, 1.54) is 12.8 Å². The molecule has 4 rings (SSSR count). The summed E-state index contributed by atoms with van der Waals surface area (Å²) < 4.78 is 11.4. The Morgan fingerprint density at radius 1 is 1.30 bits per heavy atom. The van der Waals surface area contributed by atoms with Crippen molar-refractivity contribution in [1.29, 1.82) is 0 Å². The molecule has 128 valence electrons. The fourth-order valence-electron chi connectivity index (χ4n) is 4.29. The van der Waals surface area contributed by atoms with Gasteiger partial charge in [-0.2, -0.15) is 0 Å². The van der Waals surface area contributed by atoms with Gasteiger partial charge in [-0.25, -0.2) is 0 Å². The molecule has 1 N–H and O–H groups in total. The highest BCUT2D eigenvalue weighted by atomic mass is 127. The van der Waals surface area contributed by atoms with E-state index in [0.29, 0.717) is 24.0 Å². The molecule has 1 aromatic rings. The van der Waals surface area contributed by atoms with Gasteiger partial charge in [0.05, 0.1) is 18.5 Å². The van der Waals surface area contributed by atoms with Crippen molar-refractivity contribution in [3.8, 4) is 0 Å². The summed E-state index contributed by atoms with van der Waals surface area (Å²) in [5.74, 6) is 3.49. The summed E-state index contributed by atoms with van der Waals surface area (Å²) in [7, 11) is 0. The summed E-state index contributed by atoms with van der Waals surface area (Å²) in [4.78, 5) is 7.24. The molecule has 0 aliphatic carbocycles. The zero-order chi connectivity index (χ0) is 14.9. The lowest BCUT2D eigenvalue weighted by atomic mass is 9.82. The van der Waals surface area contributed by atoms with Crippen molar-refractivity contribution in [3.63, 3.8) is 0 Å². The van der Waals surface area contributed by atoms with Crippen LogP contribution in [0.25, 0.3) is 0 Å². The number of ether oxygens (including phenoxy) is 1. The number of guanidine groups is 1. The maximum absolute atomic E-state index is 6.06. The summed E-state index contributed by atoms with van der Waals surface area (Å²) >= 11 is 0. The molecule has 1 aromatic heterocycles. The molecule has 0 aromatic carbocycles. The van der Waals surface area contributed by atoms with E-state index >= 15 is 0 Å². The Kier molecular flexibility index (Phi) is 5.51. The second-order valence-corrected chi connectivity index (χ2v) is 6.59. The highest BCUT2D eigenvalue weighted by Crippen LogP contribution is 2.47. The Morgan fingerprint density at radius 2 is 2.04 bits per heavy atom. The van der Waals surface area contributed by atoms with Crippen molar-refractivity contribution in [3.05, 3.63) is 24.2 Å². The van der Waals surface area contributed by atoms with Crippen molar-refractivity contribution in [2.45, 2.75) is 38.4 Å². The van der Waals surface area contributed by atoms with Crippen molar-refractivity contribution in [2.24, 2.45) is 16.8 Å². The first-order valence-electron chi connectivity index (χ1n) is 8.56. The second kappa shape index (κ2) is 7.42. The lowest BCUT2D eigenvalue weighted by molar-refractivity contribution is 0.0767. The number of hydrogen-bond donors (Lipinski definition) is 1. The first kappa shape index (κ1) is 17.1. The number of aliphatic imine (C=N–C) groups is 1. The van der Waals surface area contributed by atoms with E-state index in [9.17, 15) is 0 Å². The smallest absolute Gasteiger partial charge is 0.193 e. The number of hydrogen-bond acceptors (Lipinski definition) is 3. The van der Waals surface area contributed by atoms with Gasteiger partial charge in [0.1, 0.15) is 5.76 Å². The van der Waals surface area contributed by atoms with Crippen molar-refractivity contribution < 1.29 is 9.15 Å². The minimum absolute atomic E-state index is 0. The van der Waals surface area contributed by atoms with Gasteiger partial charge >= 0.3 is 0 Å². The maximum atomic E-state index is 6.06. The fraction of sp³-hybridized carbons (Fsp3) is 0.706. The number of nitrogens with one attached hydrogen (secondary N) is 1. The van der Waals surface area contributed by atoms with E-state index in [4.69, 9.17) is 14.1 Å². The standard InChI is InChI=1S/C17H25N3O2.HI/c1-2-18-17(19-8-7-12-4-3-9-21-12)20-10-13-14(11-20)16-6-5-15(13)22-16;/h3-4,9,13-16H,2,5-8,10-11H2,1H3,(H,18,19);1H. The molecular formula is C17H26IN3O2. The number of likely N-dealkylation sites (tertiary alicyclic amines) is 1. The summed E-state index contributed by atoms with van der Waals surface area (Å²) in [6, 6.07) is 3.94. The minimum Gasteiger partial charge on any atom is -0.469 e. The summed E-state index contributed by atoms with van der Waals surface area (Å²) in [5, 5.41) is 3.45. The topological polar surface area (TPSA) is 50.0 Å². The Bertz CT molecular complexity index is 516. The molecule has 0 amide bonds. The van der Waals surface area contributed by atoms with Crippen LogP contribution in [0.15, 0.2) is 27.8 Å². The number of fused-ring (bicyclic) bond motifs is 5. The van der Waals surface area contributed by atoms with E-state index in [1.54, 1.807) is 6.26 Å². The molecule has 3 fully saturated rings. The molecule has 3 aliphatic rings. The molecule has 0 saturated carbocycles. The predicted molar refractivity (Wildman–Crippen MR) is 100 cm³/mol. The summed E-state index contributed by atoms with van der Waals surface area (Å²) in [6.07, 6.45) is 6.10. The lowest BCUT2D eigenvalue weighted by Crippen LogP contribution is -2.41. The molecule has 6 heteroatoms. The van der Waals surface area contributed by atoms with Gasteiger partial charge in [-0.05, 0) is 31.9 Å². The van der Waals surface area contributed by atoms with Crippen LogP contribution in [-0.2, 0) is 11.2 Å². The Hall–Kier alpha value is -0.760. The third-order valence-electron chi connectivity index (χ3n) is 5.29. The summed E-state index contributed by atoms with van der Waals surface area (Å²) in [6.45, 7) is 6.00. The molecule has 23 heavy (non-hydrogen) atoms.